The Kier molecular flexibility index (Phi) is 6.01. The molecular weight excluding hydrogens is 488 g/mol. The largest absolute Gasteiger partial charge is 0.444 e. The van der Waals surface area contributed by atoms with Gasteiger partial charge in [0.1, 0.15) is 16.9 Å². The number of rotatable bonds is 2. The maximum Gasteiger partial charge on any atom is 0.410 e. The van der Waals surface area contributed by atoms with Gasteiger partial charge in [-0.2, -0.15) is 14.4 Å². The van der Waals surface area contributed by atoms with Crippen molar-refractivity contribution in [3.05, 3.63) is 46.4 Å². The molecule has 190 valence electrons. The summed E-state index contributed by atoms with van der Waals surface area (Å²) in [6.07, 6.45) is 0.209. The van der Waals surface area contributed by atoms with Gasteiger partial charge in [0.25, 0.3) is 0 Å². The molecule has 7 nitrogen and oxygen atoms in total. The third kappa shape index (κ3) is 4.45. The number of halogens is 3. The Morgan fingerprint density at radius 1 is 1.06 bits per heavy atom. The van der Waals surface area contributed by atoms with Crippen molar-refractivity contribution < 1.29 is 18.3 Å². The highest BCUT2D eigenvalue weighted by atomic mass is 35.5. The molecule has 2 bridgehead atoms. The highest BCUT2D eigenvalue weighted by Crippen LogP contribution is 2.40. The number of hydrogen-bond donors (Lipinski definition) is 0. The van der Waals surface area contributed by atoms with E-state index in [4.69, 9.17) is 16.3 Å². The summed E-state index contributed by atoms with van der Waals surface area (Å²) in [5, 5.41) is 0.460. The van der Waals surface area contributed by atoms with Crippen LogP contribution in [-0.2, 0) is 4.74 Å². The minimum absolute atomic E-state index is 0.0785. The minimum atomic E-state index is -1.03. The van der Waals surface area contributed by atoms with E-state index < -0.39 is 17.5 Å². The van der Waals surface area contributed by atoms with E-state index in [1.54, 1.807) is 17.0 Å². The molecule has 0 aliphatic carbocycles. The number of anilines is 1. The molecule has 0 saturated carbocycles. The number of ether oxygens (including phenoxy) is 1. The molecule has 2 aromatic heterocycles. The maximum atomic E-state index is 15.8. The van der Waals surface area contributed by atoms with Crippen LogP contribution in [0.25, 0.3) is 22.2 Å². The number of carbonyl (C=O) groups excluding carboxylic acids is 1. The van der Waals surface area contributed by atoms with E-state index in [1.165, 1.54) is 0 Å². The smallest absolute Gasteiger partial charge is 0.410 e. The summed E-state index contributed by atoms with van der Waals surface area (Å²) >= 11 is 6.58. The first kappa shape index (κ1) is 24.6. The average molecular weight is 516 g/mol. The molecule has 10 heteroatoms. The Labute approximate surface area is 213 Å². The number of benzene rings is 1. The van der Waals surface area contributed by atoms with Gasteiger partial charge in [0, 0.05) is 24.2 Å². The summed E-state index contributed by atoms with van der Waals surface area (Å²) in [5.74, 6) is -0.480. The van der Waals surface area contributed by atoms with Crippen molar-refractivity contribution in [1.29, 1.82) is 0 Å². The van der Waals surface area contributed by atoms with Gasteiger partial charge in [-0.25, -0.2) is 9.18 Å². The molecule has 2 aliphatic heterocycles. The molecule has 3 aromatic rings. The standard InChI is InChI=1S/C26H28ClF2N5O2/c1-13-8-14(2)30-19(9-13)20-18(27)10-17-22(21(20)28)31-24(29)32-23(17)33-11-15-6-7-16(12-33)34(15)25(35)36-26(3,4)5/h8-10,15-16H,6-7,11-12H2,1-5H3. The number of piperazine rings is 1. The zero-order chi connectivity index (χ0) is 25.9. The molecule has 36 heavy (non-hydrogen) atoms. The van der Waals surface area contributed by atoms with Crippen LogP contribution in [0.5, 0.6) is 0 Å². The topological polar surface area (TPSA) is 71.5 Å². The van der Waals surface area contributed by atoms with Crippen LogP contribution in [0.4, 0.5) is 19.4 Å². The predicted octanol–water partition coefficient (Wildman–Crippen LogP) is 5.83. The van der Waals surface area contributed by atoms with Gasteiger partial charge in [-0.15, -0.1) is 0 Å². The van der Waals surface area contributed by atoms with Crippen LogP contribution in [0.2, 0.25) is 5.02 Å². The number of carbonyl (C=O) groups is 1. The fourth-order valence-corrected chi connectivity index (χ4v) is 5.58. The van der Waals surface area contributed by atoms with Gasteiger partial charge >= 0.3 is 12.2 Å². The number of pyridine rings is 1. The predicted molar refractivity (Wildman–Crippen MR) is 134 cm³/mol. The van der Waals surface area contributed by atoms with Crippen molar-refractivity contribution in [2.24, 2.45) is 0 Å². The Morgan fingerprint density at radius 3 is 2.33 bits per heavy atom. The summed E-state index contributed by atoms with van der Waals surface area (Å²) in [6.45, 7) is 10.0. The molecule has 2 fully saturated rings. The quantitative estimate of drug-likeness (QED) is 0.400. The van der Waals surface area contributed by atoms with Crippen molar-refractivity contribution in [1.82, 2.24) is 19.9 Å². The van der Waals surface area contributed by atoms with Crippen LogP contribution in [0, 0.1) is 25.7 Å². The Bertz CT molecular complexity index is 1340. The van der Waals surface area contributed by atoms with E-state index in [-0.39, 0.29) is 40.1 Å². The van der Waals surface area contributed by atoms with Crippen molar-refractivity contribution in [2.75, 3.05) is 18.0 Å². The van der Waals surface area contributed by atoms with Gasteiger partial charge in [-0.05, 0) is 71.2 Å². The fourth-order valence-electron chi connectivity index (χ4n) is 5.29. The minimum Gasteiger partial charge on any atom is -0.444 e. The first-order valence-electron chi connectivity index (χ1n) is 12.0. The van der Waals surface area contributed by atoms with Gasteiger partial charge in [0.2, 0.25) is 0 Å². The zero-order valence-corrected chi connectivity index (χ0v) is 21.7. The van der Waals surface area contributed by atoms with Crippen molar-refractivity contribution in [3.63, 3.8) is 0 Å². The van der Waals surface area contributed by atoms with Crippen LogP contribution in [0.15, 0.2) is 18.2 Å². The number of amides is 1. The van der Waals surface area contributed by atoms with E-state index in [0.717, 1.165) is 18.4 Å². The molecule has 2 aliphatic rings. The molecule has 1 amide bonds. The summed E-state index contributed by atoms with van der Waals surface area (Å²) < 4.78 is 36.1. The second kappa shape index (κ2) is 8.80. The van der Waals surface area contributed by atoms with Crippen LogP contribution >= 0.6 is 11.6 Å². The van der Waals surface area contributed by atoms with Gasteiger partial charge in [0.05, 0.1) is 28.4 Å². The van der Waals surface area contributed by atoms with Crippen molar-refractivity contribution in [2.45, 2.75) is 65.1 Å². The number of nitrogens with zero attached hydrogens (tertiary/aromatic N) is 5. The van der Waals surface area contributed by atoms with Crippen LogP contribution in [-0.4, -0.2) is 56.7 Å². The molecule has 4 heterocycles. The van der Waals surface area contributed by atoms with Gasteiger partial charge < -0.3 is 9.64 Å². The molecule has 2 atom stereocenters. The lowest BCUT2D eigenvalue weighted by Gasteiger charge is -2.42. The second-order valence-corrected chi connectivity index (χ2v) is 11.0. The van der Waals surface area contributed by atoms with Crippen LogP contribution < -0.4 is 4.90 Å². The van der Waals surface area contributed by atoms with Crippen LogP contribution in [0.3, 0.4) is 0 Å². The molecule has 0 N–H and O–H groups in total. The third-order valence-electron chi connectivity index (χ3n) is 6.58. The summed E-state index contributed by atoms with van der Waals surface area (Å²) in [6, 6.07) is 4.94. The molecule has 0 radical (unpaired) electrons. The van der Waals surface area contributed by atoms with Crippen LogP contribution in [0.1, 0.15) is 44.9 Å². The van der Waals surface area contributed by atoms with E-state index in [0.29, 0.717) is 29.9 Å². The lowest BCUT2D eigenvalue weighted by atomic mass is 10.0. The second-order valence-electron chi connectivity index (χ2n) is 10.6. The summed E-state index contributed by atoms with van der Waals surface area (Å²) in [5.41, 5.74) is 1.31. The molecule has 2 unspecified atom stereocenters. The highest BCUT2D eigenvalue weighted by Gasteiger charge is 2.45. The summed E-state index contributed by atoms with van der Waals surface area (Å²) in [4.78, 5) is 28.7. The Morgan fingerprint density at radius 2 is 1.72 bits per heavy atom. The average Bonchev–Trinajstić information content (AvgIpc) is 3.02. The van der Waals surface area contributed by atoms with Gasteiger partial charge in [0.15, 0.2) is 5.82 Å². The maximum absolute atomic E-state index is 15.8. The van der Waals surface area contributed by atoms with E-state index >= 15 is 4.39 Å². The Hall–Kier alpha value is -3.07. The van der Waals surface area contributed by atoms with Gasteiger partial charge in [-0.1, -0.05) is 11.6 Å². The zero-order valence-electron chi connectivity index (χ0n) is 20.9. The van der Waals surface area contributed by atoms with Crippen molar-refractivity contribution >= 4 is 34.4 Å². The molecule has 2 saturated heterocycles. The molecule has 0 spiro atoms. The van der Waals surface area contributed by atoms with E-state index in [9.17, 15) is 9.18 Å². The number of aromatic nitrogens is 3. The van der Waals surface area contributed by atoms with Gasteiger partial charge in [-0.3, -0.25) is 9.88 Å². The monoisotopic (exact) mass is 515 g/mol. The lowest BCUT2D eigenvalue weighted by Crippen LogP contribution is -2.57. The normalized spacial score (nSPS) is 19.8. The summed E-state index contributed by atoms with van der Waals surface area (Å²) in [7, 11) is 0. The van der Waals surface area contributed by atoms with E-state index in [2.05, 4.69) is 15.0 Å². The Balaban J connectivity index is 1.54. The lowest BCUT2D eigenvalue weighted by molar-refractivity contribution is 0.0123. The third-order valence-corrected chi connectivity index (χ3v) is 6.87. The first-order valence-corrected chi connectivity index (χ1v) is 12.4. The van der Waals surface area contributed by atoms with Crippen molar-refractivity contribution in [3.8, 4) is 11.3 Å². The SMILES string of the molecule is Cc1cc(C)nc(-c2c(Cl)cc3c(N4CC5CCC(C4)N5C(=O)OC(C)(C)C)nc(F)nc3c2F)c1. The molecule has 5 rings (SSSR count). The van der Waals surface area contributed by atoms with E-state index in [1.807, 2.05) is 45.6 Å². The molecular formula is C26H28ClF2N5O2. The molecule has 1 aromatic carbocycles. The number of hydrogen-bond acceptors (Lipinski definition) is 6. The fraction of sp³-hybridized carbons (Fsp3) is 0.462. The highest BCUT2D eigenvalue weighted by molar-refractivity contribution is 6.34. The number of fused-ring (bicyclic) bond motifs is 3. The first-order chi connectivity index (χ1) is 16.9. The number of aryl methyl sites for hydroxylation is 2.